The molecule has 1 amide bonds. The van der Waals surface area contributed by atoms with Crippen LogP contribution < -0.4 is 5.32 Å². The number of amides is 1. The third kappa shape index (κ3) is 2.69. The Morgan fingerprint density at radius 2 is 2.21 bits per heavy atom. The smallest absolute Gasteiger partial charge is 0.223 e. The standard InChI is InChI=1S/C14H20N4O/c1-10-16-17-13(18(10)12-7-8-12)9-15-14(19)11-5-3-2-4-6-11/h2-3,11-12H,4-9H2,1H3,(H,15,19)/t11-/m1/s1. The maximum absolute atomic E-state index is 12.1. The Hall–Kier alpha value is -1.65. The Bertz CT molecular complexity index is 502. The van der Waals surface area contributed by atoms with Crippen molar-refractivity contribution < 1.29 is 4.79 Å². The predicted octanol–water partition coefficient (Wildman–Crippen LogP) is 1.89. The number of nitrogens with zero attached hydrogens (tertiary/aromatic N) is 3. The van der Waals surface area contributed by atoms with Crippen LogP contribution in [0.5, 0.6) is 0 Å². The highest BCUT2D eigenvalue weighted by Gasteiger charge is 2.28. The van der Waals surface area contributed by atoms with Gasteiger partial charge < -0.3 is 9.88 Å². The van der Waals surface area contributed by atoms with Gasteiger partial charge in [-0.05, 0) is 39.0 Å². The van der Waals surface area contributed by atoms with Crippen LogP contribution in [0.15, 0.2) is 12.2 Å². The SMILES string of the molecule is Cc1nnc(CNC(=O)[C@@H]2CC=CCC2)n1C1CC1. The average Bonchev–Trinajstić information content (AvgIpc) is 3.21. The van der Waals surface area contributed by atoms with Crippen LogP contribution in [0.4, 0.5) is 0 Å². The summed E-state index contributed by atoms with van der Waals surface area (Å²) in [6.07, 6.45) is 9.48. The van der Waals surface area contributed by atoms with Crippen LogP contribution in [-0.4, -0.2) is 20.7 Å². The number of rotatable bonds is 4. The van der Waals surface area contributed by atoms with Gasteiger partial charge in [0.05, 0.1) is 6.54 Å². The molecular weight excluding hydrogens is 240 g/mol. The molecule has 0 aliphatic heterocycles. The van der Waals surface area contributed by atoms with Gasteiger partial charge in [0.2, 0.25) is 5.91 Å². The monoisotopic (exact) mass is 260 g/mol. The molecule has 1 saturated carbocycles. The second-order valence-electron chi connectivity index (χ2n) is 5.46. The first-order chi connectivity index (χ1) is 9.25. The lowest BCUT2D eigenvalue weighted by molar-refractivity contribution is -0.125. The van der Waals surface area contributed by atoms with Crippen LogP contribution in [0.1, 0.15) is 49.8 Å². The van der Waals surface area contributed by atoms with Gasteiger partial charge in [-0.25, -0.2) is 0 Å². The van der Waals surface area contributed by atoms with E-state index in [2.05, 4.69) is 32.2 Å². The Kier molecular flexibility index (Phi) is 3.36. The van der Waals surface area contributed by atoms with Crippen LogP contribution in [-0.2, 0) is 11.3 Å². The van der Waals surface area contributed by atoms with Crippen molar-refractivity contribution in [2.45, 2.75) is 51.6 Å². The second kappa shape index (κ2) is 5.15. The minimum Gasteiger partial charge on any atom is -0.349 e. The van der Waals surface area contributed by atoms with Crippen molar-refractivity contribution >= 4 is 5.91 Å². The molecule has 0 spiro atoms. The summed E-state index contributed by atoms with van der Waals surface area (Å²) in [6.45, 7) is 2.47. The van der Waals surface area contributed by atoms with E-state index >= 15 is 0 Å². The first-order valence-corrected chi connectivity index (χ1v) is 7.09. The Morgan fingerprint density at radius 1 is 1.37 bits per heavy atom. The fourth-order valence-electron chi connectivity index (χ4n) is 2.68. The summed E-state index contributed by atoms with van der Waals surface area (Å²) >= 11 is 0. The minimum absolute atomic E-state index is 0.128. The van der Waals surface area contributed by atoms with E-state index in [4.69, 9.17) is 0 Å². The zero-order valence-corrected chi connectivity index (χ0v) is 11.3. The number of allylic oxidation sites excluding steroid dienone is 2. The Labute approximate surface area is 113 Å². The molecule has 5 nitrogen and oxygen atoms in total. The predicted molar refractivity (Wildman–Crippen MR) is 71.4 cm³/mol. The number of hydrogen-bond donors (Lipinski definition) is 1. The molecule has 1 fully saturated rings. The van der Waals surface area contributed by atoms with Crippen LogP contribution in [0.25, 0.3) is 0 Å². The topological polar surface area (TPSA) is 59.8 Å². The zero-order chi connectivity index (χ0) is 13.2. The summed E-state index contributed by atoms with van der Waals surface area (Å²) in [7, 11) is 0. The highest BCUT2D eigenvalue weighted by atomic mass is 16.1. The molecule has 1 aromatic rings. The highest BCUT2D eigenvalue weighted by molar-refractivity contribution is 5.78. The summed E-state index contributed by atoms with van der Waals surface area (Å²) in [5.74, 6) is 2.11. The van der Waals surface area contributed by atoms with Gasteiger partial charge in [-0.1, -0.05) is 12.2 Å². The molecule has 5 heteroatoms. The summed E-state index contributed by atoms with van der Waals surface area (Å²) < 4.78 is 2.17. The maximum atomic E-state index is 12.1. The normalized spacial score (nSPS) is 22.5. The van der Waals surface area contributed by atoms with Gasteiger partial charge in [-0.15, -0.1) is 10.2 Å². The molecule has 1 N–H and O–H groups in total. The van der Waals surface area contributed by atoms with E-state index in [0.717, 1.165) is 30.9 Å². The molecule has 102 valence electrons. The molecule has 0 unspecified atom stereocenters. The number of hydrogen-bond acceptors (Lipinski definition) is 3. The molecular formula is C14H20N4O. The van der Waals surface area contributed by atoms with Gasteiger partial charge in [0, 0.05) is 12.0 Å². The van der Waals surface area contributed by atoms with E-state index in [0.29, 0.717) is 12.6 Å². The van der Waals surface area contributed by atoms with Crippen molar-refractivity contribution in [3.8, 4) is 0 Å². The van der Waals surface area contributed by atoms with E-state index in [1.165, 1.54) is 12.8 Å². The van der Waals surface area contributed by atoms with Gasteiger partial charge in [-0.3, -0.25) is 4.79 Å². The van der Waals surface area contributed by atoms with E-state index in [-0.39, 0.29) is 11.8 Å². The molecule has 1 aromatic heterocycles. The summed E-state index contributed by atoms with van der Waals surface area (Å²) in [5.41, 5.74) is 0. The largest absolute Gasteiger partial charge is 0.349 e. The Balaban J connectivity index is 1.60. The van der Waals surface area contributed by atoms with Crippen molar-refractivity contribution in [2.75, 3.05) is 0 Å². The zero-order valence-electron chi connectivity index (χ0n) is 11.3. The van der Waals surface area contributed by atoms with Crippen LogP contribution in [0.2, 0.25) is 0 Å². The highest BCUT2D eigenvalue weighted by Crippen LogP contribution is 2.36. The maximum Gasteiger partial charge on any atom is 0.223 e. The summed E-state index contributed by atoms with van der Waals surface area (Å²) in [5, 5.41) is 11.3. The van der Waals surface area contributed by atoms with Crippen molar-refractivity contribution in [2.24, 2.45) is 5.92 Å². The Morgan fingerprint density at radius 3 is 2.89 bits per heavy atom. The molecule has 2 aliphatic carbocycles. The van der Waals surface area contributed by atoms with Gasteiger partial charge in [0.15, 0.2) is 5.82 Å². The first-order valence-electron chi connectivity index (χ1n) is 7.09. The number of aryl methyl sites for hydroxylation is 1. The lowest BCUT2D eigenvalue weighted by Gasteiger charge is -2.17. The molecule has 0 aromatic carbocycles. The number of carbonyl (C=O) groups is 1. The molecule has 0 bridgehead atoms. The van der Waals surface area contributed by atoms with Crippen molar-refractivity contribution in [3.63, 3.8) is 0 Å². The van der Waals surface area contributed by atoms with Crippen molar-refractivity contribution in [1.82, 2.24) is 20.1 Å². The molecule has 1 heterocycles. The van der Waals surface area contributed by atoms with E-state index in [9.17, 15) is 4.79 Å². The molecule has 19 heavy (non-hydrogen) atoms. The van der Waals surface area contributed by atoms with E-state index in [1.807, 2.05) is 6.92 Å². The third-order valence-corrected chi connectivity index (χ3v) is 3.91. The first kappa shape index (κ1) is 12.4. The second-order valence-corrected chi connectivity index (χ2v) is 5.46. The van der Waals surface area contributed by atoms with Crippen LogP contribution in [0.3, 0.4) is 0 Å². The van der Waals surface area contributed by atoms with Gasteiger partial charge in [0.25, 0.3) is 0 Å². The minimum atomic E-state index is 0.128. The lowest BCUT2D eigenvalue weighted by atomic mass is 9.94. The average molecular weight is 260 g/mol. The van der Waals surface area contributed by atoms with Crippen LogP contribution in [0, 0.1) is 12.8 Å². The van der Waals surface area contributed by atoms with Crippen LogP contribution >= 0.6 is 0 Å². The number of aromatic nitrogens is 3. The lowest BCUT2D eigenvalue weighted by Crippen LogP contribution is -2.31. The van der Waals surface area contributed by atoms with Crippen molar-refractivity contribution in [3.05, 3.63) is 23.8 Å². The summed E-state index contributed by atoms with van der Waals surface area (Å²) in [4.78, 5) is 12.1. The molecule has 0 radical (unpaired) electrons. The van der Waals surface area contributed by atoms with E-state index < -0.39 is 0 Å². The third-order valence-electron chi connectivity index (χ3n) is 3.91. The van der Waals surface area contributed by atoms with Crippen molar-refractivity contribution in [1.29, 1.82) is 0 Å². The number of carbonyl (C=O) groups excluding carboxylic acids is 1. The molecule has 2 aliphatic rings. The van der Waals surface area contributed by atoms with Gasteiger partial charge >= 0.3 is 0 Å². The fraction of sp³-hybridized carbons (Fsp3) is 0.643. The molecule has 0 saturated heterocycles. The molecule has 3 rings (SSSR count). The fourth-order valence-corrected chi connectivity index (χ4v) is 2.68. The van der Waals surface area contributed by atoms with E-state index in [1.54, 1.807) is 0 Å². The van der Waals surface area contributed by atoms with Gasteiger partial charge in [-0.2, -0.15) is 0 Å². The number of nitrogens with one attached hydrogen (secondary N) is 1. The molecule has 1 atom stereocenters. The van der Waals surface area contributed by atoms with Gasteiger partial charge in [0.1, 0.15) is 5.82 Å². The summed E-state index contributed by atoms with van der Waals surface area (Å²) in [6, 6.07) is 0.555. The quantitative estimate of drug-likeness (QED) is 0.841.